The van der Waals surface area contributed by atoms with Gasteiger partial charge >= 0.3 is 6.18 Å². The first-order valence-corrected chi connectivity index (χ1v) is 7.09. The van der Waals surface area contributed by atoms with Gasteiger partial charge < -0.3 is 14.6 Å². The molecule has 0 bridgehead atoms. The third-order valence-electron chi connectivity index (χ3n) is 4.07. The molecule has 0 radical (unpaired) electrons. The molecule has 0 spiro atoms. The molecule has 0 saturated carbocycles. The Morgan fingerprint density at radius 3 is 3.00 bits per heavy atom. The molecular formula is C14H17F3N2O2. The largest absolute Gasteiger partial charge is 0.469 e. The van der Waals surface area contributed by atoms with Crippen molar-refractivity contribution in [3.63, 3.8) is 0 Å². The number of furan rings is 1. The van der Waals surface area contributed by atoms with Crippen molar-refractivity contribution in [3.05, 3.63) is 23.7 Å². The summed E-state index contributed by atoms with van der Waals surface area (Å²) in [6.07, 6.45) is 0.208. The number of hydrogen-bond acceptors (Lipinski definition) is 3. The summed E-state index contributed by atoms with van der Waals surface area (Å²) < 4.78 is 42.6. The summed E-state index contributed by atoms with van der Waals surface area (Å²) in [6.45, 7) is -1.05. The number of nitrogens with zero attached hydrogens (tertiary/aromatic N) is 1. The highest BCUT2D eigenvalue weighted by atomic mass is 19.4. The zero-order valence-electron chi connectivity index (χ0n) is 11.4. The van der Waals surface area contributed by atoms with Gasteiger partial charge in [-0.2, -0.15) is 13.2 Å². The minimum absolute atomic E-state index is 0.0659. The van der Waals surface area contributed by atoms with Crippen LogP contribution in [0.1, 0.15) is 36.6 Å². The second-order valence-corrected chi connectivity index (χ2v) is 5.70. The molecule has 2 aliphatic rings. The van der Waals surface area contributed by atoms with Crippen LogP contribution < -0.4 is 5.32 Å². The Morgan fingerprint density at radius 2 is 2.24 bits per heavy atom. The van der Waals surface area contributed by atoms with E-state index in [0.29, 0.717) is 0 Å². The minimum Gasteiger partial charge on any atom is -0.469 e. The van der Waals surface area contributed by atoms with Crippen LogP contribution in [-0.4, -0.2) is 36.1 Å². The van der Waals surface area contributed by atoms with E-state index in [1.807, 2.05) is 6.07 Å². The second kappa shape index (κ2) is 5.36. The molecule has 116 valence electrons. The Kier molecular flexibility index (Phi) is 3.69. The Morgan fingerprint density at radius 1 is 1.43 bits per heavy atom. The van der Waals surface area contributed by atoms with Crippen LogP contribution in [0.25, 0.3) is 0 Å². The highest BCUT2D eigenvalue weighted by Crippen LogP contribution is 2.32. The van der Waals surface area contributed by atoms with Crippen LogP contribution in [0.5, 0.6) is 0 Å². The van der Waals surface area contributed by atoms with E-state index in [4.69, 9.17) is 4.42 Å². The van der Waals surface area contributed by atoms with E-state index in [9.17, 15) is 18.0 Å². The number of fused-ring (bicyclic) bond motifs is 1. The summed E-state index contributed by atoms with van der Waals surface area (Å²) >= 11 is 0. The van der Waals surface area contributed by atoms with Crippen molar-refractivity contribution in [3.8, 4) is 0 Å². The first kappa shape index (κ1) is 14.4. The first-order valence-electron chi connectivity index (χ1n) is 7.09. The number of amides is 1. The van der Waals surface area contributed by atoms with Gasteiger partial charge in [-0.25, -0.2) is 0 Å². The number of likely N-dealkylation sites (tertiary alicyclic amines) is 1. The average molecular weight is 302 g/mol. The topological polar surface area (TPSA) is 45.5 Å². The minimum atomic E-state index is -4.34. The van der Waals surface area contributed by atoms with Gasteiger partial charge in [0.05, 0.1) is 6.26 Å². The highest BCUT2D eigenvalue weighted by Gasteiger charge is 2.39. The molecule has 21 heavy (non-hydrogen) atoms. The predicted molar refractivity (Wildman–Crippen MR) is 68.6 cm³/mol. The zero-order valence-corrected chi connectivity index (χ0v) is 11.4. The van der Waals surface area contributed by atoms with Crippen LogP contribution in [0.4, 0.5) is 13.2 Å². The molecule has 4 nitrogen and oxygen atoms in total. The Bertz CT molecular complexity index is 527. The van der Waals surface area contributed by atoms with E-state index < -0.39 is 18.6 Å². The summed E-state index contributed by atoms with van der Waals surface area (Å²) in [7, 11) is 0. The summed E-state index contributed by atoms with van der Waals surface area (Å²) in [4.78, 5) is 12.6. The number of carbonyl (C=O) groups excluding carboxylic acids is 1. The average Bonchev–Trinajstić information content (AvgIpc) is 2.96. The predicted octanol–water partition coefficient (Wildman–Crippen LogP) is 2.41. The van der Waals surface area contributed by atoms with E-state index in [-0.39, 0.29) is 25.0 Å². The van der Waals surface area contributed by atoms with Crippen LogP contribution in [0, 0.1) is 0 Å². The number of carbonyl (C=O) groups is 1. The summed E-state index contributed by atoms with van der Waals surface area (Å²) in [5.74, 6) is 0.503. The number of halogens is 3. The Hall–Kier alpha value is -1.50. The second-order valence-electron chi connectivity index (χ2n) is 5.70. The number of rotatable bonds is 3. The highest BCUT2D eigenvalue weighted by molar-refractivity contribution is 5.79. The van der Waals surface area contributed by atoms with Crippen molar-refractivity contribution in [2.24, 2.45) is 0 Å². The maximum absolute atomic E-state index is 12.4. The van der Waals surface area contributed by atoms with E-state index in [1.54, 1.807) is 6.26 Å². The van der Waals surface area contributed by atoms with Gasteiger partial charge in [-0.1, -0.05) is 0 Å². The van der Waals surface area contributed by atoms with Gasteiger partial charge in [0.1, 0.15) is 12.3 Å². The van der Waals surface area contributed by atoms with Crippen molar-refractivity contribution in [2.75, 3.05) is 13.1 Å². The molecule has 2 atom stereocenters. The van der Waals surface area contributed by atoms with Crippen LogP contribution in [0.3, 0.4) is 0 Å². The molecule has 1 N–H and O–H groups in total. The van der Waals surface area contributed by atoms with Gasteiger partial charge in [-0.05, 0) is 18.9 Å². The molecule has 3 rings (SSSR count). The lowest BCUT2D eigenvalue weighted by atomic mass is 9.93. The molecule has 1 aromatic rings. The quantitative estimate of drug-likeness (QED) is 0.932. The first-order chi connectivity index (χ1) is 9.92. The molecule has 1 aromatic heterocycles. The summed E-state index contributed by atoms with van der Waals surface area (Å²) in [5, 5.41) is 3.32. The van der Waals surface area contributed by atoms with Crippen molar-refractivity contribution < 1.29 is 22.4 Å². The van der Waals surface area contributed by atoms with Gasteiger partial charge in [0.25, 0.3) is 0 Å². The molecule has 7 heteroatoms. The van der Waals surface area contributed by atoms with Crippen LogP contribution >= 0.6 is 0 Å². The number of hydrogen-bond donors (Lipinski definition) is 1. The van der Waals surface area contributed by atoms with Crippen molar-refractivity contribution >= 4 is 5.91 Å². The van der Waals surface area contributed by atoms with E-state index in [2.05, 4.69) is 5.32 Å². The van der Waals surface area contributed by atoms with Gasteiger partial charge in [-0.15, -0.1) is 0 Å². The molecule has 1 aliphatic carbocycles. The SMILES string of the molecule is O=C1C[C@@H](N[C@@H]2CCCc3occc32)CN1CC(F)(F)F. The molecule has 1 saturated heterocycles. The molecule has 1 fully saturated rings. The van der Waals surface area contributed by atoms with Crippen LogP contribution in [-0.2, 0) is 11.2 Å². The maximum Gasteiger partial charge on any atom is 0.406 e. The van der Waals surface area contributed by atoms with E-state index in [1.165, 1.54) is 0 Å². The summed E-state index contributed by atoms with van der Waals surface area (Å²) in [6, 6.07) is 1.73. The lowest BCUT2D eigenvalue weighted by Gasteiger charge is -2.26. The maximum atomic E-state index is 12.4. The van der Waals surface area contributed by atoms with Crippen LogP contribution in [0.2, 0.25) is 0 Å². The normalized spacial score (nSPS) is 26.2. The molecule has 0 unspecified atom stereocenters. The lowest BCUT2D eigenvalue weighted by molar-refractivity contribution is -0.157. The fraction of sp³-hybridized carbons (Fsp3) is 0.643. The lowest BCUT2D eigenvalue weighted by Crippen LogP contribution is -2.39. The molecule has 1 amide bonds. The number of nitrogens with one attached hydrogen (secondary N) is 1. The van der Waals surface area contributed by atoms with E-state index in [0.717, 1.165) is 35.5 Å². The molecule has 1 aliphatic heterocycles. The summed E-state index contributed by atoms with van der Waals surface area (Å²) in [5.41, 5.74) is 1.07. The van der Waals surface area contributed by atoms with Gasteiger partial charge in [-0.3, -0.25) is 4.79 Å². The molecular weight excluding hydrogens is 285 g/mol. The van der Waals surface area contributed by atoms with Gasteiger partial charge in [0.15, 0.2) is 0 Å². The standard InChI is InChI=1S/C14H17F3N2O2/c15-14(16,17)8-19-7-9(6-13(19)20)18-11-2-1-3-12-10(11)4-5-21-12/h4-5,9,11,18H,1-3,6-8H2/t9-,11-/m1/s1. The Balaban J connectivity index is 1.62. The molecule has 0 aromatic carbocycles. The van der Waals surface area contributed by atoms with E-state index >= 15 is 0 Å². The smallest absolute Gasteiger partial charge is 0.406 e. The molecule has 2 heterocycles. The number of aryl methyl sites for hydroxylation is 1. The fourth-order valence-electron chi connectivity index (χ4n) is 3.20. The van der Waals surface area contributed by atoms with Gasteiger partial charge in [0, 0.05) is 37.0 Å². The monoisotopic (exact) mass is 302 g/mol. The van der Waals surface area contributed by atoms with Gasteiger partial charge in [0.2, 0.25) is 5.91 Å². The van der Waals surface area contributed by atoms with Crippen molar-refractivity contribution in [1.82, 2.24) is 10.2 Å². The third-order valence-corrected chi connectivity index (χ3v) is 4.07. The van der Waals surface area contributed by atoms with Crippen molar-refractivity contribution in [1.29, 1.82) is 0 Å². The Labute approximate surface area is 120 Å². The third kappa shape index (κ3) is 3.23. The van der Waals surface area contributed by atoms with Crippen molar-refractivity contribution in [2.45, 2.75) is 43.9 Å². The van der Waals surface area contributed by atoms with Crippen LogP contribution in [0.15, 0.2) is 16.7 Å². The zero-order chi connectivity index (χ0) is 15.0. The number of alkyl halides is 3. The fourth-order valence-corrected chi connectivity index (χ4v) is 3.20.